The van der Waals surface area contributed by atoms with E-state index >= 15 is 0 Å². The van der Waals surface area contributed by atoms with Crippen molar-refractivity contribution < 1.29 is 9.21 Å². The Balaban J connectivity index is 2.15. The van der Waals surface area contributed by atoms with E-state index in [0.29, 0.717) is 31.1 Å². The standard InChI is InChI=1S/C15H19N3O2/c1-12-14(17-11-20-12)15(19)18(9-5-8-16)10-13-6-3-2-4-7-13/h2-4,6-7,11H,5,8-10,16H2,1H3. The van der Waals surface area contributed by atoms with E-state index in [-0.39, 0.29) is 5.91 Å². The predicted octanol–water partition coefficient (Wildman–Crippen LogP) is 1.97. The molecule has 0 spiro atoms. The number of carbonyl (C=O) groups excluding carboxylic acids is 1. The van der Waals surface area contributed by atoms with Crippen LogP contribution in [-0.4, -0.2) is 28.9 Å². The van der Waals surface area contributed by atoms with Crippen molar-refractivity contribution >= 4 is 5.91 Å². The zero-order valence-electron chi connectivity index (χ0n) is 11.6. The van der Waals surface area contributed by atoms with Gasteiger partial charge in [-0.25, -0.2) is 4.98 Å². The minimum atomic E-state index is -0.117. The summed E-state index contributed by atoms with van der Waals surface area (Å²) in [7, 11) is 0. The Hall–Kier alpha value is -2.14. The van der Waals surface area contributed by atoms with E-state index in [1.54, 1.807) is 11.8 Å². The van der Waals surface area contributed by atoms with E-state index in [1.165, 1.54) is 6.39 Å². The number of amides is 1. The summed E-state index contributed by atoms with van der Waals surface area (Å²) >= 11 is 0. The third kappa shape index (κ3) is 3.45. The summed E-state index contributed by atoms with van der Waals surface area (Å²) in [5, 5.41) is 0. The Morgan fingerprint density at radius 2 is 2.10 bits per heavy atom. The van der Waals surface area contributed by atoms with Gasteiger partial charge in [-0.1, -0.05) is 30.3 Å². The fourth-order valence-corrected chi connectivity index (χ4v) is 2.00. The van der Waals surface area contributed by atoms with Crippen LogP contribution in [0.2, 0.25) is 0 Å². The van der Waals surface area contributed by atoms with Gasteiger partial charge in [-0.15, -0.1) is 0 Å². The molecule has 106 valence electrons. The predicted molar refractivity (Wildman–Crippen MR) is 76.1 cm³/mol. The lowest BCUT2D eigenvalue weighted by atomic mass is 10.2. The van der Waals surface area contributed by atoms with Gasteiger partial charge in [0.05, 0.1) is 0 Å². The number of aromatic nitrogens is 1. The molecule has 2 N–H and O–H groups in total. The van der Waals surface area contributed by atoms with Crippen LogP contribution in [0, 0.1) is 6.92 Å². The van der Waals surface area contributed by atoms with Crippen LogP contribution in [0.4, 0.5) is 0 Å². The van der Waals surface area contributed by atoms with Crippen LogP contribution in [0.3, 0.4) is 0 Å². The number of hydrogen-bond acceptors (Lipinski definition) is 4. The Morgan fingerprint density at radius 3 is 2.70 bits per heavy atom. The van der Waals surface area contributed by atoms with Crippen LogP contribution < -0.4 is 5.73 Å². The lowest BCUT2D eigenvalue weighted by molar-refractivity contribution is 0.0735. The molecule has 0 aliphatic rings. The molecule has 0 bridgehead atoms. The van der Waals surface area contributed by atoms with Crippen molar-refractivity contribution in [1.29, 1.82) is 0 Å². The molecule has 0 saturated carbocycles. The number of benzene rings is 1. The zero-order valence-corrected chi connectivity index (χ0v) is 11.6. The highest BCUT2D eigenvalue weighted by molar-refractivity contribution is 5.93. The summed E-state index contributed by atoms with van der Waals surface area (Å²) in [5.74, 6) is 0.425. The smallest absolute Gasteiger partial charge is 0.276 e. The summed E-state index contributed by atoms with van der Waals surface area (Å²) in [6.07, 6.45) is 2.06. The number of nitrogens with two attached hydrogens (primary N) is 1. The first-order valence-electron chi connectivity index (χ1n) is 6.65. The topological polar surface area (TPSA) is 72.4 Å². The Labute approximate surface area is 118 Å². The normalized spacial score (nSPS) is 10.5. The number of hydrogen-bond donors (Lipinski definition) is 1. The van der Waals surface area contributed by atoms with Gasteiger partial charge in [-0.2, -0.15) is 0 Å². The lowest BCUT2D eigenvalue weighted by Crippen LogP contribution is -2.33. The molecule has 2 rings (SSSR count). The molecule has 0 saturated heterocycles. The molecule has 0 atom stereocenters. The summed E-state index contributed by atoms with van der Waals surface area (Å²) < 4.78 is 5.11. The van der Waals surface area contributed by atoms with Crippen molar-refractivity contribution in [2.45, 2.75) is 19.9 Å². The van der Waals surface area contributed by atoms with Gasteiger partial charge in [0.2, 0.25) is 0 Å². The number of rotatable bonds is 6. The first-order valence-corrected chi connectivity index (χ1v) is 6.65. The first kappa shape index (κ1) is 14.3. The number of aryl methyl sites for hydroxylation is 1. The molecule has 0 aliphatic heterocycles. The molecule has 0 aliphatic carbocycles. The molecule has 1 amide bonds. The summed E-state index contributed by atoms with van der Waals surface area (Å²) in [4.78, 5) is 18.3. The van der Waals surface area contributed by atoms with Crippen LogP contribution >= 0.6 is 0 Å². The van der Waals surface area contributed by atoms with Crippen molar-refractivity contribution in [3.05, 3.63) is 53.7 Å². The maximum Gasteiger partial charge on any atom is 0.276 e. The largest absolute Gasteiger partial charge is 0.448 e. The van der Waals surface area contributed by atoms with Crippen LogP contribution in [0.15, 0.2) is 41.1 Å². The third-order valence-corrected chi connectivity index (χ3v) is 3.08. The quantitative estimate of drug-likeness (QED) is 0.873. The van der Waals surface area contributed by atoms with Gasteiger partial charge < -0.3 is 15.1 Å². The van der Waals surface area contributed by atoms with Gasteiger partial charge in [-0.3, -0.25) is 4.79 Å². The van der Waals surface area contributed by atoms with Crippen LogP contribution in [-0.2, 0) is 6.54 Å². The Bertz CT molecular complexity index is 551. The molecular formula is C15H19N3O2. The second-order valence-electron chi connectivity index (χ2n) is 4.61. The number of nitrogens with zero attached hydrogens (tertiary/aromatic N) is 2. The maximum atomic E-state index is 12.5. The molecule has 0 unspecified atom stereocenters. The highest BCUT2D eigenvalue weighted by Crippen LogP contribution is 2.12. The lowest BCUT2D eigenvalue weighted by Gasteiger charge is -2.21. The van der Waals surface area contributed by atoms with Crippen molar-refractivity contribution in [2.75, 3.05) is 13.1 Å². The van der Waals surface area contributed by atoms with Crippen molar-refractivity contribution in [3.63, 3.8) is 0 Å². The van der Waals surface area contributed by atoms with E-state index in [2.05, 4.69) is 4.98 Å². The summed E-state index contributed by atoms with van der Waals surface area (Å²) in [6, 6.07) is 9.87. The highest BCUT2D eigenvalue weighted by atomic mass is 16.3. The van der Waals surface area contributed by atoms with Crippen LogP contribution in [0.5, 0.6) is 0 Å². The average Bonchev–Trinajstić information content (AvgIpc) is 2.90. The molecule has 5 nitrogen and oxygen atoms in total. The number of oxazole rings is 1. The van der Waals surface area contributed by atoms with E-state index < -0.39 is 0 Å². The molecule has 0 radical (unpaired) electrons. The third-order valence-electron chi connectivity index (χ3n) is 3.08. The summed E-state index contributed by atoms with van der Waals surface area (Å²) in [6.45, 7) is 3.45. The highest BCUT2D eigenvalue weighted by Gasteiger charge is 2.20. The van der Waals surface area contributed by atoms with Crippen LogP contribution in [0.25, 0.3) is 0 Å². The van der Waals surface area contributed by atoms with Crippen molar-refractivity contribution in [2.24, 2.45) is 5.73 Å². The minimum Gasteiger partial charge on any atom is -0.448 e. The zero-order chi connectivity index (χ0) is 14.4. The second-order valence-corrected chi connectivity index (χ2v) is 4.61. The minimum absolute atomic E-state index is 0.117. The van der Waals surface area contributed by atoms with Gasteiger partial charge in [0.1, 0.15) is 5.76 Å². The van der Waals surface area contributed by atoms with Crippen molar-refractivity contribution in [1.82, 2.24) is 9.88 Å². The monoisotopic (exact) mass is 273 g/mol. The molecule has 5 heteroatoms. The number of carbonyl (C=O) groups is 1. The molecule has 1 aromatic carbocycles. The van der Waals surface area contributed by atoms with E-state index in [0.717, 1.165) is 12.0 Å². The van der Waals surface area contributed by atoms with Gasteiger partial charge in [0.15, 0.2) is 12.1 Å². The Morgan fingerprint density at radius 1 is 1.35 bits per heavy atom. The fraction of sp³-hybridized carbons (Fsp3) is 0.333. The van der Waals surface area contributed by atoms with Gasteiger partial charge in [-0.05, 0) is 25.5 Å². The maximum absolute atomic E-state index is 12.5. The van der Waals surface area contributed by atoms with Crippen molar-refractivity contribution in [3.8, 4) is 0 Å². The second kappa shape index (κ2) is 6.86. The molecule has 2 aromatic rings. The van der Waals surface area contributed by atoms with E-state index in [4.69, 9.17) is 10.2 Å². The molecule has 20 heavy (non-hydrogen) atoms. The fourth-order valence-electron chi connectivity index (χ4n) is 2.00. The van der Waals surface area contributed by atoms with Gasteiger partial charge >= 0.3 is 0 Å². The summed E-state index contributed by atoms with van der Waals surface area (Å²) in [5.41, 5.74) is 7.00. The SMILES string of the molecule is Cc1ocnc1C(=O)N(CCCN)Cc1ccccc1. The molecular weight excluding hydrogens is 254 g/mol. The molecule has 1 heterocycles. The molecule has 1 aromatic heterocycles. The Kier molecular flexibility index (Phi) is 4.90. The average molecular weight is 273 g/mol. The van der Waals surface area contributed by atoms with E-state index in [1.807, 2.05) is 30.3 Å². The van der Waals surface area contributed by atoms with E-state index in [9.17, 15) is 4.79 Å². The molecule has 0 fully saturated rings. The first-order chi connectivity index (χ1) is 9.72. The van der Waals surface area contributed by atoms with Gasteiger partial charge in [0.25, 0.3) is 5.91 Å². The van der Waals surface area contributed by atoms with Crippen LogP contribution in [0.1, 0.15) is 28.2 Å². The van der Waals surface area contributed by atoms with Gasteiger partial charge in [0, 0.05) is 13.1 Å².